The maximum atomic E-state index is 13.7. The number of nitrogens with one attached hydrogen (secondary N) is 1. The van der Waals surface area contributed by atoms with E-state index in [0.29, 0.717) is 17.6 Å². The van der Waals surface area contributed by atoms with Crippen molar-refractivity contribution in [3.05, 3.63) is 35.2 Å². The molecule has 0 bridgehead atoms. The predicted molar refractivity (Wildman–Crippen MR) is 72.4 cm³/mol. The summed E-state index contributed by atoms with van der Waals surface area (Å²) in [7, 11) is 0. The molecule has 2 saturated heterocycles. The van der Waals surface area contributed by atoms with Crippen LogP contribution in [0.4, 0.5) is 4.39 Å². The Labute approximate surface area is 121 Å². The van der Waals surface area contributed by atoms with Gasteiger partial charge in [0.2, 0.25) is 11.8 Å². The molecule has 0 aromatic heterocycles. The number of nitrogens with zero attached hydrogens (tertiary/aromatic N) is 1. The number of imide groups is 1. The van der Waals surface area contributed by atoms with Crippen LogP contribution >= 0.6 is 0 Å². The average Bonchev–Trinajstić information content (AvgIpc) is 2.60. The zero-order chi connectivity index (χ0) is 15.1. The van der Waals surface area contributed by atoms with Gasteiger partial charge in [-0.3, -0.25) is 19.7 Å². The Hall–Kier alpha value is -2.24. The molecule has 1 aliphatic carbocycles. The zero-order valence-corrected chi connectivity index (χ0v) is 11.6. The van der Waals surface area contributed by atoms with Crippen molar-refractivity contribution in [3.63, 3.8) is 0 Å². The van der Waals surface area contributed by atoms with Crippen LogP contribution in [0, 0.1) is 5.92 Å². The van der Waals surface area contributed by atoms with E-state index in [-0.39, 0.29) is 36.5 Å². The lowest BCUT2D eigenvalue weighted by Crippen LogP contribution is -2.52. The van der Waals surface area contributed by atoms with Crippen molar-refractivity contribution in [1.29, 1.82) is 0 Å². The second-order valence-corrected chi connectivity index (χ2v) is 5.56. The maximum Gasteiger partial charge on any atom is 0.254 e. The van der Waals surface area contributed by atoms with Crippen LogP contribution in [0.15, 0.2) is 35.2 Å². The number of amides is 3. The van der Waals surface area contributed by atoms with Crippen molar-refractivity contribution >= 4 is 17.7 Å². The van der Waals surface area contributed by atoms with Gasteiger partial charge < -0.3 is 4.90 Å². The first-order valence-corrected chi connectivity index (χ1v) is 6.90. The van der Waals surface area contributed by atoms with Crippen LogP contribution in [0.2, 0.25) is 0 Å². The van der Waals surface area contributed by atoms with Gasteiger partial charge in [-0.15, -0.1) is 0 Å². The molecule has 2 aliphatic heterocycles. The van der Waals surface area contributed by atoms with Gasteiger partial charge in [0.15, 0.2) is 0 Å². The van der Waals surface area contributed by atoms with Crippen molar-refractivity contribution in [1.82, 2.24) is 10.2 Å². The molecule has 0 aromatic rings. The summed E-state index contributed by atoms with van der Waals surface area (Å²) in [6, 6.07) is -0.661. The van der Waals surface area contributed by atoms with E-state index in [0.717, 1.165) is 0 Å². The van der Waals surface area contributed by atoms with E-state index in [2.05, 4.69) is 5.32 Å². The Morgan fingerprint density at radius 3 is 2.76 bits per heavy atom. The summed E-state index contributed by atoms with van der Waals surface area (Å²) in [6.07, 6.45) is 5.03. The molecule has 2 heterocycles. The van der Waals surface area contributed by atoms with E-state index in [1.165, 1.54) is 17.1 Å². The molecule has 2 unspecified atom stereocenters. The van der Waals surface area contributed by atoms with Gasteiger partial charge in [0.25, 0.3) is 5.91 Å². The highest BCUT2D eigenvalue weighted by Crippen LogP contribution is 2.32. The molecule has 21 heavy (non-hydrogen) atoms. The van der Waals surface area contributed by atoms with Crippen molar-refractivity contribution in [3.8, 4) is 0 Å². The Bertz CT molecular complexity index is 633. The molecule has 3 aliphatic rings. The quantitative estimate of drug-likeness (QED) is 0.732. The summed E-state index contributed by atoms with van der Waals surface area (Å²) in [5.41, 5.74) is 1.04. The van der Waals surface area contributed by atoms with Gasteiger partial charge in [-0.2, -0.15) is 0 Å². The minimum absolute atomic E-state index is 0.181. The maximum absolute atomic E-state index is 13.7. The van der Waals surface area contributed by atoms with Crippen LogP contribution in [0.1, 0.15) is 19.8 Å². The first kappa shape index (κ1) is 13.7. The van der Waals surface area contributed by atoms with Crippen molar-refractivity contribution in [2.45, 2.75) is 25.8 Å². The molecule has 2 fully saturated rings. The molecule has 110 valence electrons. The number of piperidine rings is 1. The van der Waals surface area contributed by atoms with E-state index in [4.69, 9.17) is 0 Å². The normalized spacial score (nSPS) is 29.3. The third-order valence-corrected chi connectivity index (χ3v) is 3.93. The highest BCUT2D eigenvalue weighted by Gasteiger charge is 2.41. The number of hydrogen-bond donors (Lipinski definition) is 1. The van der Waals surface area contributed by atoms with Crippen LogP contribution in [0.25, 0.3) is 0 Å². The number of likely N-dealkylation sites (tertiary alicyclic amines) is 1. The molecular formula is C15H15FN2O3. The molecule has 0 saturated carbocycles. The van der Waals surface area contributed by atoms with Crippen LogP contribution < -0.4 is 5.32 Å². The Morgan fingerprint density at radius 2 is 2.05 bits per heavy atom. The van der Waals surface area contributed by atoms with Gasteiger partial charge >= 0.3 is 0 Å². The van der Waals surface area contributed by atoms with E-state index in [9.17, 15) is 18.8 Å². The summed E-state index contributed by atoms with van der Waals surface area (Å²) < 4.78 is 13.7. The second kappa shape index (κ2) is 4.95. The van der Waals surface area contributed by atoms with Gasteiger partial charge in [0.05, 0.1) is 0 Å². The fraction of sp³-hybridized carbons (Fsp3) is 0.400. The number of carbonyl (C=O) groups is 3. The van der Waals surface area contributed by atoms with Gasteiger partial charge in [0.1, 0.15) is 11.9 Å². The fourth-order valence-corrected chi connectivity index (χ4v) is 2.94. The minimum Gasteiger partial charge on any atom is -0.322 e. The van der Waals surface area contributed by atoms with Crippen molar-refractivity contribution in [2.24, 2.45) is 5.92 Å². The third-order valence-electron chi connectivity index (χ3n) is 3.93. The van der Waals surface area contributed by atoms with Crippen molar-refractivity contribution < 1.29 is 18.8 Å². The largest absolute Gasteiger partial charge is 0.322 e. The zero-order valence-electron chi connectivity index (χ0n) is 11.6. The monoisotopic (exact) mass is 290 g/mol. The molecule has 3 rings (SSSR count). The number of carbonyl (C=O) groups excluding carboxylic acids is 3. The highest BCUT2D eigenvalue weighted by atomic mass is 19.1. The number of allylic oxidation sites excluding steroid dienone is 4. The van der Waals surface area contributed by atoms with E-state index in [1.807, 2.05) is 0 Å². The number of halogens is 1. The molecule has 0 radical (unpaired) electrons. The molecule has 1 N–H and O–H groups in total. The Morgan fingerprint density at radius 1 is 1.29 bits per heavy atom. The second-order valence-electron chi connectivity index (χ2n) is 5.56. The van der Waals surface area contributed by atoms with E-state index in [1.54, 1.807) is 13.0 Å². The lowest BCUT2D eigenvalue weighted by atomic mass is 10.0. The Balaban J connectivity index is 1.90. The smallest absolute Gasteiger partial charge is 0.254 e. The summed E-state index contributed by atoms with van der Waals surface area (Å²) in [6.45, 7) is 2.00. The van der Waals surface area contributed by atoms with Gasteiger partial charge in [-0.05, 0) is 30.1 Å². The first-order valence-electron chi connectivity index (χ1n) is 6.90. The lowest BCUT2D eigenvalue weighted by Gasteiger charge is -2.29. The SMILES string of the molecule is CC1C=C(F)C=C2CN(C3CCC(=O)NC3=O)C(=O)C2=C1. The minimum atomic E-state index is -0.661. The lowest BCUT2D eigenvalue weighted by molar-refractivity contribution is -0.142. The van der Waals surface area contributed by atoms with E-state index < -0.39 is 11.9 Å². The molecule has 5 nitrogen and oxygen atoms in total. The summed E-state index contributed by atoms with van der Waals surface area (Å²) >= 11 is 0. The molecule has 6 heteroatoms. The number of hydrogen-bond acceptors (Lipinski definition) is 3. The van der Waals surface area contributed by atoms with Crippen LogP contribution in [-0.2, 0) is 14.4 Å². The predicted octanol–water partition coefficient (Wildman–Crippen LogP) is 0.990. The third kappa shape index (κ3) is 2.41. The van der Waals surface area contributed by atoms with E-state index >= 15 is 0 Å². The molecule has 3 amide bonds. The van der Waals surface area contributed by atoms with Crippen molar-refractivity contribution in [2.75, 3.05) is 6.54 Å². The summed E-state index contributed by atoms with van der Waals surface area (Å²) in [5, 5.41) is 2.24. The summed E-state index contributed by atoms with van der Waals surface area (Å²) in [4.78, 5) is 37.0. The van der Waals surface area contributed by atoms with Gasteiger partial charge in [-0.1, -0.05) is 13.0 Å². The molecular weight excluding hydrogens is 275 g/mol. The van der Waals surface area contributed by atoms with Crippen LogP contribution in [0.5, 0.6) is 0 Å². The topological polar surface area (TPSA) is 66.5 Å². The molecule has 2 atom stereocenters. The Kier molecular flexibility index (Phi) is 3.23. The standard InChI is InChI=1S/C15H15FN2O3/c1-8-4-10(16)6-9-7-18(15(21)11(9)5-8)12-2-3-13(19)17-14(12)20/h4-6,8,12H,2-3,7H2,1H3,(H,17,19,20). The molecule has 0 aromatic carbocycles. The number of fused-ring (bicyclic) bond motifs is 1. The summed E-state index contributed by atoms with van der Waals surface area (Å²) in [5.74, 6) is -1.61. The van der Waals surface area contributed by atoms with Gasteiger partial charge in [-0.25, -0.2) is 4.39 Å². The fourth-order valence-electron chi connectivity index (χ4n) is 2.94. The first-order chi connectivity index (χ1) is 9.95. The number of rotatable bonds is 1. The molecule has 0 spiro atoms. The highest BCUT2D eigenvalue weighted by molar-refractivity contribution is 6.07. The average molecular weight is 290 g/mol. The van der Waals surface area contributed by atoms with Crippen LogP contribution in [-0.4, -0.2) is 35.2 Å². The van der Waals surface area contributed by atoms with Crippen LogP contribution in [0.3, 0.4) is 0 Å². The van der Waals surface area contributed by atoms with Gasteiger partial charge in [0, 0.05) is 18.5 Å².